The topological polar surface area (TPSA) is 175 Å². The van der Waals surface area contributed by atoms with Crippen molar-refractivity contribution in [2.75, 3.05) is 80.1 Å². The van der Waals surface area contributed by atoms with Crippen molar-refractivity contribution in [1.82, 2.24) is 43.4 Å². The Balaban J connectivity index is 0.000000165. The molecule has 0 radical (unpaired) electrons. The third kappa shape index (κ3) is 16.7. The van der Waals surface area contributed by atoms with Crippen LogP contribution in [0, 0.1) is 33.7 Å². The van der Waals surface area contributed by atoms with E-state index in [1.165, 1.54) is 36.4 Å². The molecule has 0 aliphatic carbocycles. The van der Waals surface area contributed by atoms with Crippen LogP contribution in [0.15, 0.2) is 174 Å². The molecule has 22 heteroatoms. The largest absolute Gasteiger partial charge is 0.367 e. The summed E-state index contributed by atoms with van der Waals surface area (Å²) in [6, 6.07) is 33.5. The van der Waals surface area contributed by atoms with Gasteiger partial charge in [-0.25, -0.2) is 28.1 Å². The van der Waals surface area contributed by atoms with E-state index in [1.807, 2.05) is 46.8 Å². The van der Waals surface area contributed by atoms with Gasteiger partial charge in [0.15, 0.2) is 0 Å². The fraction of sp³-hybridized carbons (Fsp3) is 0.362. The predicted molar refractivity (Wildman–Crippen MR) is 404 cm³/mol. The zero-order valence-corrected chi connectivity index (χ0v) is 60.8. The van der Waals surface area contributed by atoms with Crippen LogP contribution in [0.3, 0.4) is 0 Å². The van der Waals surface area contributed by atoms with Gasteiger partial charge < -0.3 is 29.4 Å². The number of halogens is 4. The number of hydrogen-bond donors (Lipinski definition) is 0. The second kappa shape index (κ2) is 30.6. The lowest BCUT2D eigenvalue weighted by Gasteiger charge is -2.41. The predicted octanol–water partition coefficient (Wildman–Crippen LogP) is 13.7. The lowest BCUT2D eigenvalue weighted by molar-refractivity contribution is -0.127. The smallest absolute Gasteiger partial charge is 0.254 e. The molecular weight excluding hydrogens is 1320 g/mol. The lowest BCUT2D eigenvalue weighted by Crippen LogP contribution is -2.53. The quantitative estimate of drug-likeness (QED) is 0.106. The first kappa shape index (κ1) is 74.5. The highest BCUT2D eigenvalue weighted by molar-refractivity contribution is 6.34. The summed E-state index contributed by atoms with van der Waals surface area (Å²) in [7, 11) is 0. The molecule has 3 amide bonds. The highest BCUT2D eigenvalue weighted by Crippen LogP contribution is 2.38. The maximum absolute atomic E-state index is 14.6. The molecule has 18 nitrogen and oxygen atoms in total. The molecular formula is C80H90ClF3N12O6. The van der Waals surface area contributed by atoms with Gasteiger partial charge in [-0.15, -0.1) is 0 Å². The second-order valence-electron chi connectivity index (χ2n) is 29.9. The molecule has 0 spiro atoms. The Hall–Kier alpha value is -10.2. The summed E-state index contributed by atoms with van der Waals surface area (Å²) in [5, 5.41) is 2.69. The standard InChI is InChI=1S/C27H30ClFN4O2.C27H31FN4O2.C26H29FN4O2/c1-6-23(34)31-11-12-32(17(2)15-31)22-14-24(35)33(16-27(3,4)5)26-19(22)13-20(28)25(30-26)18-9-7-8-10-21(18)29;1-6-24(33)30-13-14-31(18(2)16-30)23-15-25(34)32(17-27(3,4)5)26-20(23)11-12-22(29-26)19-9-7-8-10-21(19)28;1-5-23(32)30-14-12-29(13-15-30)22-16-24(33)31(17-26(2,3)4)25-19(22)10-11-21(28-25)18-8-6-7-9-20(18)27/h6-10,13-14,17H,1,11-12,15-16H2,2-5H3;6-12,15,18H,1,13-14,16-17H2,2-5H3;5-11,16H,1,12-15,17H2,2-4H3/t17-;18-;/m00./s1. The number of hydrogen-bond acceptors (Lipinski definition) is 12. The molecule has 0 N–H and O–H groups in total. The summed E-state index contributed by atoms with van der Waals surface area (Å²) in [5.74, 6) is -1.43. The molecule has 3 aromatic carbocycles. The average molecular weight is 1410 g/mol. The van der Waals surface area contributed by atoms with Crippen LogP contribution in [-0.4, -0.2) is 139 Å². The van der Waals surface area contributed by atoms with E-state index in [4.69, 9.17) is 26.6 Å². The SMILES string of the molecule is C=CC(=O)N1CCN(c2cc(=O)n(CC(C)(C)C)c3nc(-c4ccccc4F)c(Cl)cc23)[C@@H](C)C1.C=CC(=O)N1CCN(c2cc(=O)n(CC(C)(C)C)c3nc(-c4ccccc4F)ccc23)CC1.C=CC(=O)N1CCN(c2cc(=O)n(CC(C)(C)C)c3nc(-c4ccccc4F)ccc23)[C@@H](C)C1. The van der Waals surface area contributed by atoms with Gasteiger partial charge in [0.25, 0.3) is 16.7 Å². The van der Waals surface area contributed by atoms with Crippen molar-refractivity contribution in [1.29, 1.82) is 0 Å². The molecule has 3 aliphatic rings. The summed E-state index contributed by atoms with van der Waals surface area (Å²) in [5.41, 5.74) is 5.20. The minimum absolute atomic E-state index is 0.00459. The van der Waals surface area contributed by atoms with Gasteiger partial charge >= 0.3 is 0 Å². The fourth-order valence-electron chi connectivity index (χ4n) is 13.4. The number of nitrogens with zero attached hydrogens (tertiary/aromatic N) is 12. The Bertz CT molecular complexity index is 4910. The number of fused-ring (bicyclic) bond motifs is 3. The van der Waals surface area contributed by atoms with Crippen LogP contribution >= 0.6 is 11.6 Å². The zero-order chi connectivity index (χ0) is 73.9. The molecule has 9 heterocycles. The van der Waals surface area contributed by atoms with Crippen molar-refractivity contribution in [2.45, 2.75) is 108 Å². The van der Waals surface area contributed by atoms with Crippen LogP contribution in [0.5, 0.6) is 0 Å². The molecule has 6 aromatic heterocycles. The highest BCUT2D eigenvalue weighted by atomic mass is 35.5. The van der Waals surface area contributed by atoms with Crippen LogP contribution in [0.25, 0.3) is 66.9 Å². The molecule has 0 bridgehead atoms. The van der Waals surface area contributed by atoms with Crippen molar-refractivity contribution >= 4 is 79.5 Å². The molecule has 0 saturated carbocycles. The van der Waals surface area contributed by atoms with E-state index in [0.717, 1.165) is 22.1 Å². The van der Waals surface area contributed by atoms with E-state index in [-0.39, 0.29) is 79.9 Å². The first-order valence-electron chi connectivity index (χ1n) is 34.4. The number of carbonyl (C=O) groups excluding carboxylic acids is 3. The van der Waals surface area contributed by atoms with Crippen molar-refractivity contribution in [3.63, 3.8) is 0 Å². The molecule has 102 heavy (non-hydrogen) atoms. The average Bonchev–Trinajstić information content (AvgIpc) is 0.762. The minimum atomic E-state index is -0.432. The molecule has 3 saturated heterocycles. The number of pyridine rings is 6. The number of anilines is 3. The number of aromatic nitrogens is 6. The molecule has 12 rings (SSSR count). The molecule has 3 aliphatic heterocycles. The van der Waals surface area contributed by atoms with Crippen LogP contribution in [0.4, 0.5) is 30.2 Å². The molecule has 3 fully saturated rings. The summed E-state index contributed by atoms with van der Waals surface area (Å²) in [6.07, 6.45) is 3.98. The Labute approximate surface area is 598 Å². The van der Waals surface area contributed by atoms with Crippen LogP contribution in [0.2, 0.25) is 5.02 Å². The van der Waals surface area contributed by atoms with Gasteiger partial charge in [0, 0.05) is 148 Å². The lowest BCUT2D eigenvalue weighted by atomic mass is 9.96. The first-order chi connectivity index (χ1) is 48.3. The zero-order valence-electron chi connectivity index (χ0n) is 60.1. The molecule has 0 unspecified atom stereocenters. The maximum atomic E-state index is 14.6. The third-order valence-electron chi connectivity index (χ3n) is 18.2. The number of rotatable bonds is 12. The molecule has 2 atom stereocenters. The van der Waals surface area contributed by atoms with Gasteiger partial charge in [-0.2, -0.15) is 0 Å². The van der Waals surface area contributed by atoms with Gasteiger partial charge in [0.1, 0.15) is 34.4 Å². The van der Waals surface area contributed by atoms with E-state index in [0.29, 0.717) is 146 Å². The van der Waals surface area contributed by atoms with Gasteiger partial charge in [-0.3, -0.25) is 42.5 Å². The Morgan fingerprint density at radius 2 is 0.794 bits per heavy atom. The summed E-state index contributed by atoms with van der Waals surface area (Å²) < 4.78 is 48.6. The molecule has 534 valence electrons. The summed E-state index contributed by atoms with van der Waals surface area (Å²) in [6.45, 7) is 40.3. The number of piperazine rings is 3. The van der Waals surface area contributed by atoms with E-state index >= 15 is 0 Å². The van der Waals surface area contributed by atoms with Crippen LogP contribution in [0.1, 0.15) is 76.2 Å². The Kier molecular flexibility index (Phi) is 22.4. The van der Waals surface area contributed by atoms with Gasteiger partial charge in [0.2, 0.25) is 17.7 Å². The number of amides is 3. The van der Waals surface area contributed by atoms with Gasteiger partial charge in [0.05, 0.1) is 39.2 Å². The van der Waals surface area contributed by atoms with Crippen molar-refractivity contribution in [3.05, 3.63) is 213 Å². The number of benzene rings is 3. The normalized spacial score (nSPS) is 16.0. The second-order valence-corrected chi connectivity index (χ2v) is 30.3. The third-order valence-corrected chi connectivity index (χ3v) is 18.4. The van der Waals surface area contributed by atoms with E-state index in [1.54, 1.807) is 119 Å². The van der Waals surface area contributed by atoms with Crippen molar-refractivity contribution < 1.29 is 27.6 Å². The first-order valence-corrected chi connectivity index (χ1v) is 34.7. The van der Waals surface area contributed by atoms with Crippen molar-refractivity contribution in [3.8, 4) is 33.8 Å². The molecule has 9 aromatic rings. The van der Waals surface area contributed by atoms with Gasteiger partial charge in [-0.05, 0) is 115 Å². The Morgan fingerprint density at radius 1 is 0.451 bits per heavy atom. The fourth-order valence-corrected chi connectivity index (χ4v) is 13.7. The van der Waals surface area contributed by atoms with Crippen LogP contribution in [-0.2, 0) is 34.0 Å². The highest BCUT2D eigenvalue weighted by Gasteiger charge is 2.32. The van der Waals surface area contributed by atoms with E-state index < -0.39 is 5.82 Å². The maximum Gasteiger partial charge on any atom is 0.254 e. The summed E-state index contributed by atoms with van der Waals surface area (Å²) in [4.78, 5) is 102. The summed E-state index contributed by atoms with van der Waals surface area (Å²) >= 11 is 6.67. The van der Waals surface area contributed by atoms with E-state index in [9.17, 15) is 41.9 Å². The Morgan fingerprint density at radius 3 is 1.18 bits per heavy atom. The number of carbonyl (C=O) groups is 3. The van der Waals surface area contributed by atoms with Crippen LogP contribution < -0.4 is 31.4 Å². The monoisotopic (exact) mass is 1410 g/mol. The minimum Gasteiger partial charge on any atom is -0.367 e. The van der Waals surface area contributed by atoms with E-state index in [2.05, 4.69) is 76.0 Å². The van der Waals surface area contributed by atoms with Gasteiger partial charge in [-0.1, -0.05) is 130 Å². The van der Waals surface area contributed by atoms with Crippen molar-refractivity contribution in [2.24, 2.45) is 16.2 Å².